The lowest BCUT2D eigenvalue weighted by Crippen LogP contribution is -2.13. The fraction of sp³-hybridized carbons (Fsp3) is 0.435. The van der Waals surface area contributed by atoms with E-state index in [-0.39, 0.29) is 11.1 Å². The molecule has 2 aromatic rings. The van der Waals surface area contributed by atoms with E-state index in [1.807, 2.05) is 6.92 Å². The van der Waals surface area contributed by atoms with Crippen LogP contribution < -0.4 is 9.47 Å². The lowest BCUT2D eigenvalue weighted by molar-refractivity contribution is 0.0721. The summed E-state index contributed by atoms with van der Waals surface area (Å²) in [4.78, 5) is 12.2. The second-order valence-corrected chi connectivity index (χ2v) is 6.89. The standard InChI is InChI=1S/C23H27F3O3/c1-3-5-7-9-16-10-13-20(22(26)21(16)25)29-23(27)18-12-11-17(15-19(18)24)28-14-8-6-4-2/h10-13,15H,3-9,14H2,1-2H3. The van der Waals surface area contributed by atoms with Crippen LogP contribution in [-0.2, 0) is 6.42 Å². The van der Waals surface area contributed by atoms with E-state index in [4.69, 9.17) is 9.47 Å². The SMILES string of the molecule is CCCCCOc1ccc(C(=O)Oc2ccc(CCCCC)c(F)c2F)c(F)c1. The molecular weight excluding hydrogens is 381 g/mol. The molecule has 0 aliphatic carbocycles. The van der Waals surface area contributed by atoms with Gasteiger partial charge in [0.1, 0.15) is 11.6 Å². The normalized spacial score (nSPS) is 10.8. The van der Waals surface area contributed by atoms with E-state index in [2.05, 4.69) is 6.92 Å². The monoisotopic (exact) mass is 408 g/mol. The van der Waals surface area contributed by atoms with Crippen molar-refractivity contribution in [2.75, 3.05) is 6.61 Å². The Morgan fingerprint density at radius 2 is 1.62 bits per heavy atom. The van der Waals surface area contributed by atoms with Crippen LogP contribution in [0.3, 0.4) is 0 Å². The molecule has 0 amide bonds. The van der Waals surface area contributed by atoms with E-state index in [0.717, 1.165) is 44.6 Å². The van der Waals surface area contributed by atoms with Crippen LogP contribution in [0.15, 0.2) is 30.3 Å². The highest BCUT2D eigenvalue weighted by molar-refractivity contribution is 5.91. The third-order valence-corrected chi connectivity index (χ3v) is 4.56. The van der Waals surface area contributed by atoms with Crippen LogP contribution in [0.1, 0.15) is 68.3 Å². The molecule has 0 bridgehead atoms. The molecule has 0 atom stereocenters. The fourth-order valence-corrected chi connectivity index (χ4v) is 2.86. The number of hydrogen-bond acceptors (Lipinski definition) is 3. The lowest BCUT2D eigenvalue weighted by atomic mass is 10.1. The summed E-state index contributed by atoms with van der Waals surface area (Å²) in [5.41, 5.74) is -0.149. The molecule has 0 N–H and O–H groups in total. The molecule has 0 radical (unpaired) electrons. The predicted octanol–water partition coefficient (Wildman–Crippen LogP) is 6.62. The molecule has 2 aromatic carbocycles. The highest BCUT2D eigenvalue weighted by Crippen LogP contribution is 2.26. The summed E-state index contributed by atoms with van der Waals surface area (Å²) in [5.74, 6) is -4.50. The second-order valence-electron chi connectivity index (χ2n) is 6.89. The summed E-state index contributed by atoms with van der Waals surface area (Å²) < 4.78 is 53.0. The van der Waals surface area contributed by atoms with Crippen LogP contribution in [0.4, 0.5) is 13.2 Å². The topological polar surface area (TPSA) is 35.5 Å². The zero-order valence-corrected chi connectivity index (χ0v) is 16.9. The first-order valence-electron chi connectivity index (χ1n) is 10.1. The Bertz CT molecular complexity index is 821. The minimum absolute atomic E-state index is 0.228. The average molecular weight is 408 g/mol. The Morgan fingerprint density at radius 3 is 2.31 bits per heavy atom. The van der Waals surface area contributed by atoms with Crippen LogP contribution in [0, 0.1) is 17.5 Å². The van der Waals surface area contributed by atoms with Crippen LogP contribution >= 0.6 is 0 Å². The molecule has 0 aromatic heterocycles. The number of aryl methyl sites for hydroxylation is 1. The van der Waals surface area contributed by atoms with Crippen LogP contribution in [-0.4, -0.2) is 12.6 Å². The van der Waals surface area contributed by atoms with Gasteiger partial charge in [-0.25, -0.2) is 13.6 Å². The molecule has 158 valence electrons. The first-order valence-corrected chi connectivity index (χ1v) is 10.1. The van der Waals surface area contributed by atoms with Gasteiger partial charge in [-0.15, -0.1) is 0 Å². The average Bonchev–Trinajstić information content (AvgIpc) is 2.70. The Labute approximate surface area is 169 Å². The molecule has 2 rings (SSSR count). The molecule has 0 unspecified atom stereocenters. The first kappa shape index (κ1) is 22.8. The van der Waals surface area contributed by atoms with E-state index >= 15 is 0 Å². The van der Waals surface area contributed by atoms with Gasteiger partial charge in [0.25, 0.3) is 0 Å². The summed E-state index contributed by atoms with van der Waals surface area (Å²) in [6.07, 6.45) is 5.92. The Balaban J connectivity index is 2.05. The second kappa shape index (κ2) is 11.5. The Morgan fingerprint density at radius 1 is 0.897 bits per heavy atom. The van der Waals surface area contributed by atoms with E-state index in [0.29, 0.717) is 18.8 Å². The largest absolute Gasteiger partial charge is 0.493 e. The number of ether oxygens (including phenoxy) is 2. The molecule has 0 aliphatic heterocycles. The molecule has 0 heterocycles. The molecule has 29 heavy (non-hydrogen) atoms. The molecule has 0 spiro atoms. The van der Waals surface area contributed by atoms with Gasteiger partial charge in [-0.1, -0.05) is 45.6 Å². The van der Waals surface area contributed by atoms with E-state index in [1.54, 1.807) is 0 Å². The molecule has 0 fully saturated rings. The summed E-state index contributed by atoms with van der Waals surface area (Å²) in [7, 11) is 0. The number of halogens is 3. The van der Waals surface area contributed by atoms with E-state index in [1.165, 1.54) is 24.3 Å². The zero-order chi connectivity index (χ0) is 21.2. The smallest absolute Gasteiger partial charge is 0.346 e. The molecular formula is C23H27F3O3. The van der Waals surface area contributed by atoms with E-state index < -0.39 is 29.2 Å². The third kappa shape index (κ3) is 6.51. The van der Waals surface area contributed by atoms with Gasteiger partial charge in [0.2, 0.25) is 5.82 Å². The van der Waals surface area contributed by atoms with Crippen LogP contribution in [0.25, 0.3) is 0 Å². The summed E-state index contributed by atoms with van der Waals surface area (Å²) in [6, 6.07) is 6.32. The van der Waals surface area contributed by atoms with Gasteiger partial charge in [0, 0.05) is 6.07 Å². The van der Waals surface area contributed by atoms with Gasteiger partial charge in [-0.05, 0) is 43.0 Å². The van der Waals surface area contributed by atoms with Crippen molar-refractivity contribution in [1.82, 2.24) is 0 Å². The van der Waals surface area contributed by atoms with Crippen LogP contribution in [0.5, 0.6) is 11.5 Å². The number of benzene rings is 2. The van der Waals surface area contributed by atoms with Gasteiger partial charge in [0.05, 0.1) is 12.2 Å². The minimum Gasteiger partial charge on any atom is -0.493 e. The van der Waals surface area contributed by atoms with Crippen molar-refractivity contribution in [3.63, 3.8) is 0 Å². The maximum absolute atomic E-state index is 14.2. The number of unbranched alkanes of at least 4 members (excludes halogenated alkanes) is 4. The summed E-state index contributed by atoms with van der Waals surface area (Å²) in [6.45, 7) is 4.53. The van der Waals surface area contributed by atoms with Crippen molar-refractivity contribution in [3.8, 4) is 11.5 Å². The number of carbonyl (C=O) groups is 1. The molecule has 0 saturated heterocycles. The van der Waals surface area contributed by atoms with Crippen LogP contribution in [0.2, 0.25) is 0 Å². The number of rotatable bonds is 11. The summed E-state index contributed by atoms with van der Waals surface area (Å²) in [5, 5.41) is 0. The number of hydrogen-bond donors (Lipinski definition) is 0. The van der Waals surface area contributed by atoms with Crippen molar-refractivity contribution in [3.05, 3.63) is 58.9 Å². The van der Waals surface area contributed by atoms with Crippen molar-refractivity contribution < 1.29 is 27.4 Å². The Kier molecular flexibility index (Phi) is 9.03. The molecule has 6 heteroatoms. The van der Waals surface area contributed by atoms with Gasteiger partial charge >= 0.3 is 5.97 Å². The number of esters is 1. The van der Waals surface area contributed by atoms with Crippen molar-refractivity contribution >= 4 is 5.97 Å². The van der Waals surface area contributed by atoms with Gasteiger partial charge in [-0.3, -0.25) is 0 Å². The van der Waals surface area contributed by atoms with Gasteiger partial charge in [0.15, 0.2) is 11.6 Å². The molecule has 0 saturated carbocycles. The first-order chi connectivity index (χ1) is 14.0. The van der Waals surface area contributed by atoms with Crippen molar-refractivity contribution in [1.29, 1.82) is 0 Å². The maximum Gasteiger partial charge on any atom is 0.346 e. The highest BCUT2D eigenvalue weighted by Gasteiger charge is 2.20. The fourth-order valence-electron chi connectivity index (χ4n) is 2.86. The third-order valence-electron chi connectivity index (χ3n) is 4.56. The number of carbonyl (C=O) groups excluding carboxylic acids is 1. The quantitative estimate of drug-likeness (QED) is 0.238. The zero-order valence-electron chi connectivity index (χ0n) is 16.9. The molecule has 3 nitrogen and oxygen atoms in total. The predicted molar refractivity (Wildman–Crippen MR) is 106 cm³/mol. The van der Waals surface area contributed by atoms with Crippen molar-refractivity contribution in [2.24, 2.45) is 0 Å². The highest BCUT2D eigenvalue weighted by atomic mass is 19.2. The lowest BCUT2D eigenvalue weighted by Gasteiger charge is -2.10. The summed E-state index contributed by atoms with van der Waals surface area (Å²) >= 11 is 0. The maximum atomic E-state index is 14.2. The van der Waals surface area contributed by atoms with Gasteiger partial charge in [-0.2, -0.15) is 4.39 Å². The van der Waals surface area contributed by atoms with Crippen molar-refractivity contribution in [2.45, 2.75) is 58.8 Å². The van der Waals surface area contributed by atoms with E-state index in [9.17, 15) is 18.0 Å². The minimum atomic E-state index is -1.25. The molecule has 0 aliphatic rings. The Hall–Kier alpha value is -2.50. The van der Waals surface area contributed by atoms with Gasteiger partial charge < -0.3 is 9.47 Å².